The largest absolute Gasteiger partial charge is 0.493 e. The molecule has 0 radical (unpaired) electrons. The summed E-state index contributed by atoms with van der Waals surface area (Å²) in [6.07, 6.45) is 0. The van der Waals surface area contributed by atoms with E-state index in [0.29, 0.717) is 31.2 Å². The van der Waals surface area contributed by atoms with Gasteiger partial charge in [0.25, 0.3) is 0 Å². The van der Waals surface area contributed by atoms with Crippen LogP contribution >= 0.6 is 0 Å². The lowest BCUT2D eigenvalue weighted by atomic mass is 10.2. The van der Waals surface area contributed by atoms with Crippen LogP contribution in [0.25, 0.3) is 0 Å². The third-order valence-corrected chi connectivity index (χ3v) is 3.92. The number of likely N-dealkylation sites (N-methyl/N-ethyl adjacent to an activating group) is 1. The van der Waals surface area contributed by atoms with E-state index in [-0.39, 0.29) is 12.5 Å². The third kappa shape index (κ3) is 6.92. The average Bonchev–Trinajstić information content (AvgIpc) is 2.67. The monoisotopic (exact) mass is 385 g/mol. The van der Waals surface area contributed by atoms with E-state index < -0.39 is 6.03 Å². The highest BCUT2D eigenvalue weighted by Crippen LogP contribution is 2.29. The quantitative estimate of drug-likeness (QED) is 0.693. The van der Waals surface area contributed by atoms with Crippen molar-refractivity contribution >= 4 is 11.9 Å². The normalized spacial score (nSPS) is 10.4. The minimum absolute atomic E-state index is 0.103. The number of carbonyl (C=O) groups excluding carboxylic acids is 2. The van der Waals surface area contributed by atoms with E-state index in [4.69, 9.17) is 9.47 Å². The SMILES string of the molecule is CCNC(=O)NC(=O)CN(C)Cc1ccc(OCc2ccccc2)c(OC)c1. The van der Waals surface area contributed by atoms with Crippen LogP contribution in [0.2, 0.25) is 0 Å². The number of rotatable bonds is 9. The first-order valence-corrected chi connectivity index (χ1v) is 9.11. The second-order valence-corrected chi connectivity index (χ2v) is 6.34. The maximum Gasteiger partial charge on any atom is 0.321 e. The Balaban J connectivity index is 1.91. The Labute approximate surface area is 165 Å². The van der Waals surface area contributed by atoms with Gasteiger partial charge in [-0.15, -0.1) is 0 Å². The Hall–Kier alpha value is -3.06. The van der Waals surface area contributed by atoms with E-state index in [1.807, 2.05) is 60.5 Å². The summed E-state index contributed by atoms with van der Waals surface area (Å²) in [7, 11) is 3.40. The molecule has 0 spiro atoms. The van der Waals surface area contributed by atoms with Crippen molar-refractivity contribution in [1.29, 1.82) is 0 Å². The topological polar surface area (TPSA) is 79.9 Å². The number of nitrogens with zero attached hydrogens (tertiary/aromatic N) is 1. The summed E-state index contributed by atoms with van der Waals surface area (Å²) < 4.78 is 11.3. The predicted octanol–water partition coefficient (Wildman–Crippen LogP) is 2.55. The molecule has 0 saturated carbocycles. The van der Waals surface area contributed by atoms with Crippen molar-refractivity contribution in [2.75, 3.05) is 27.2 Å². The maximum atomic E-state index is 11.9. The molecule has 0 atom stereocenters. The van der Waals surface area contributed by atoms with E-state index in [1.54, 1.807) is 14.0 Å². The number of benzene rings is 2. The van der Waals surface area contributed by atoms with E-state index in [2.05, 4.69) is 10.6 Å². The molecule has 7 heteroatoms. The standard InChI is InChI=1S/C21H27N3O4/c1-4-22-21(26)23-20(25)14-24(2)13-17-10-11-18(19(12-17)27-3)28-15-16-8-6-5-7-9-16/h5-12H,4,13-15H2,1-3H3,(H2,22,23,25,26). The van der Waals surface area contributed by atoms with Gasteiger partial charge in [0.15, 0.2) is 11.5 Å². The summed E-state index contributed by atoms with van der Waals surface area (Å²) in [5, 5.41) is 4.81. The number of hydrogen-bond donors (Lipinski definition) is 2. The second-order valence-electron chi connectivity index (χ2n) is 6.34. The minimum Gasteiger partial charge on any atom is -0.493 e. The van der Waals surface area contributed by atoms with Gasteiger partial charge in [0.05, 0.1) is 13.7 Å². The molecule has 0 saturated heterocycles. The molecule has 2 N–H and O–H groups in total. The fourth-order valence-electron chi connectivity index (χ4n) is 2.65. The van der Waals surface area contributed by atoms with E-state index >= 15 is 0 Å². The zero-order valence-corrected chi connectivity index (χ0v) is 16.5. The summed E-state index contributed by atoms with van der Waals surface area (Å²) >= 11 is 0. The molecule has 2 aromatic rings. The fraction of sp³-hybridized carbons (Fsp3) is 0.333. The third-order valence-electron chi connectivity index (χ3n) is 3.92. The first-order chi connectivity index (χ1) is 13.5. The molecule has 0 bridgehead atoms. The van der Waals surface area contributed by atoms with Crippen LogP contribution in [0.15, 0.2) is 48.5 Å². The number of hydrogen-bond acceptors (Lipinski definition) is 5. The van der Waals surface area contributed by atoms with Crippen molar-refractivity contribution in [3.05, 3.63) is 59.7 Å². The van der Waals surface area contributed by atoms with Gasteiger partial charge in [-0.3, -0.25) is 15.0 Å². The van der Waals surface area contributed by atoms with Crippen molar-refractivity contribution in [3.8, 4) is 11.5 Å². The van der Waals surface area contributed by atoms with Gasteiger partial charge in [-0.05, 0) is 37.2 Å². The van der Waals surface area contributed by atoms with Gasteiger partial charge in [-0.2, -0.15) is 0 Å². The molecular weight excluding hydrogens is 358 g/mol. The van der Waals surface area contributed by atoms with Gasteiger partial charge in [0, 0.05) is 13.1 Å². The lowest BCUT2D eigenvalue weighted by molar-refractivity contribution is -0.120. The Bertz CT molecular complexity index is 780. The van der Waals surface area contributed by atoms with Crippen molar-refractivity contribution in [2.24, 2.45) is 0 Å². The van der Waals surface area contributed by atoms with Crippen molar-refractivity contribution in [1.82, 2.24) is 15.5 Å². The molecule has 2 rings (SSSR count). The Kier molecular flexibility index (Phi) is 8.30. The van der Waals surface area contributed by atoms with Crippen molar-refractivity contribution in [3.63, 3.8) is 0 Å². The molecule has 3 amide bonds. The van der Waals surface area contributed by atoms with E-state index in [1.165, 1.54) is 0 Å². The lowest BCUT2D eigenvalue weighted by Gasteiger charge is -2.17. The predicted molar refractivity (Wildman–Crippen MR) is 107 cm³/mol. The van der Waals surface area contributed by atoms with Crippen LogP contribution in [0.1, 0.15) is 18.1 Å². The van der Waals surface area contributed by atoms with Crippen LogP contribution < -0.4 is 20.1 Å². The molecule has 0 aliphatic rings. The molecule has 28 heavy (non-hydrogen) atoms. The molecule has 0 aliphatic heterocycles. The molecule has 7 nitrogen and oxygen atoms in total. The lowest BCUT2D eigenvalue weighted by Crippen LogP contribution is -2.43. The summed E-state index contributed by atoms with van der Waals surface area (Å²) in [5.74, 6) is 0.934. The summed E-state index contributed by atoms with van der Waals surface area (Å²) in [6.45, 7) is 3.34. The zero-order chi connectivity index (χ0) is 20.4. The highest BCUT2D eigenvalue weighted by Gasteiger charge is 2.12. The van der Waals surface area contributed by atoms with Crippen LogP contribution in [0.5, 0.6) is 11.5 Å². The molecule has 2 aromatic carbocycles. The van der Waals surface area contributed by atoms with Gasteiger partial charge in [-0.25, -0.2) is 4.79 Å². The first kappa shape index (κ1) is 21.2. The molecule has 0 aliphatic carbocycles. The maximum absolute atomic E-state index is 11.9. The number of carbonyl (C=O) groups is 2. The van der Waals surface area contributed by atoms with Crippen molar-refractivity contribution < 1.29 is 19.1 Å². The number of urea groups is 1. The zero-order valence-electron chi connectivity index (χ0n) is 16.5. The molecule has 0 fully saturated rings. The van der Waals surface area contributed by atoms with E-state index in [9.17, 15) is 9.59 Å². The molecule has 0 aromatic heterocycles. The highest BCUT2D eigenvalue weighted by molar-refractivity contribution is 5.95. The summed E-state index contributed by atoms with van der Waals surface area (Å²) in [4.78, 5) is 25.1. The smallest absolute Gasteiger partial charge is 0.321 e. The highest BCUT2D eigenvalue weighted by atomic mass is 16.5. The van der Waals surface area contributed by atoms with Gasteiger partial charge in [-0.1, -0.05) is 36.4 Å². The van der Waals surface area contributed by atoms with Crippen LogP contribution in [-0.4, -0.2) is 44.1 Å². The molecule has 0 unspecified atom stereocenters. The second kappa shape index (κ2) is 10.9. The van der Waals surface area contributed by atoms with Crippen molar-refractivity contribution in [2.45, 2.75) is 20.1 Å². The van der Waals surface area contributed by atoms with Gasteiger partial charge in [0.2, 0.25) is 5.91 Å². The summed E-state index contributed by atoms with van der Waals surface area (Å²) in [5.41, 5.74) is 2.05. The van der Waals surface area contributed by atoms with Gasteiger partial charge in [0.1, 0.15) is 6.61 Å². The first-order valence-electron chi connectivity index (χ1n) is 9.11. The summed E-state index contributed by atoms with van der Waals surface area (Å²) in [6, 6.07) is 15.1. The number of imide groups is 1. The number of amides is 3. The van der Waals surface area contributed by atoms with Gasteiger partial charge >= 0.3 is 6.03 Å². The number of nitrogens with one attached hydrogen (secondary N) is 2. The minimum atomic E-state index is -0.484. The molecule has 150 valence electrons. The molecule has 0 heterocycles. The van der Waals surface area contributed by atoms with Crippen LogP contribution in [0, 0.1) is 0 Å². The fourth-order valence-corrected chi connectivity index (χ4v) is 2.65. The van der Waals surface area contributed by atoms with Crippen LogP contribution in [0.4, 0.5) is 4.79 Å². The Morgan fingerprint density at radius 3 is 2.46 bits per heavy atom. The van der Waals surface area contributed by atoms with Gasteiger partial charge < -0.3 is 14.8 Å². The number of methoxy groups -OCH3 is 1. The van der Waals surface area contributed by atoms with E-state index in [0.717, 1.165) is 11.1 Å². The number of ether oxygens (including phenoxy) is 2. The molecular formula is C21H27N3O4. The Morgan fingerprint density at radius 2 is 1.79 bits per heavy atom. The average molecular weight is 385 g/mol. The van der Waals surface area contributed by atoms with Crippen LogP contribution in [-0.2, 0) is 17.9 Å². The Morgan fingerprint density at radius 1 is 1.04 bits per heavy atom. The van der Waals surface area contributed by atoms with Crippen LogP contribution in [0.3, 0.4) is 0 Å².